The molecule has 6 nitrogen and oxygen atoms in total. The molecule has 0 aliphatic rings. The Morgan fingerprint density at radius 3 is 2.89 bits per heavy atom. The topological polar surface area (TPSA) is 80.9 Å². The molecule has 2 aromatic rings. The van der Waals surface area contributed by atoms with Crippen molar-refractivity contribution >= 4 is 17.7 Å². The second-order valence-corrected chi connectivity index (χ2v) is 4.60. The molecule has 0 amide bonds. The maximum absolute atomic E-state index is 10.6. The van der Waals surface area contributed by atoms with Crippen molar-refractivity contribution in [2.45, 2.75) is 19.0 Å². The van der Waals surface area contributed by atoms with Crippen LogP contribution >= 0.6 is 11.8 Å². The number of hydrogen-bond acceptors (Lipinski definition) is 5. The van der Waals surface area contributed by atoms with Crippen LogP contribution in [0, 0.1) is 13.8 Å². The van der Waals surface area contributed by atoms with E-state index in [1.807, 2.05) is 30.5 Å². The smallest absolute Gasteiger partial charge is 0.313 e. The van der Waals surface area contributed by atoms with E-state index in [0.717, 1.165) is 23.1 Å². The first kappa shape index (κ1) is 12.6. The molecule has 0 spiro atoms. The third kappa shape index (κ3) is 2.51. The van der Waals surface area contributed by atoms with Crippen LogP contribution < -0.4 is 0 Å². The van der Waals surface area contributed by atoms with Crippen molar-refractivity contribution in [3.05, 3.63) is 29.8 Å². The predicted molar refractivity (Wildman–Crippen MR) is 67.0 cm³/mol. The highest BCUT2D eigenvalue weighted by Crippen LogP contribution is 2.22. The van der Waals surface area contributed by atoms with Crippen LogP contribution in [-0.2, 0) is 4.79 Å². The van der Waals surface area contributed by atoms with E-state index in [4.69, 9.17) is 5.11 Å². The van der Waals surface area contributed by atoms with E-state index in [1.165, 1.54) is 0 Å². The van der Waals surface area contributed by atoms with Gasteiger partial charge < -0.3 is 5.11 Å². The zero-order chi connectivity index (χ0) is 13.1. The molecule has 1 N–H and O–H groups in total. The van der Waals surface area contributed by atoms with Crippen LogP contribution in [0.1, 0.15) is 11.5 Å². The van der Waals surface area contributed by atoms with Crippen LogP contribution in [0.3, 0.4) is 0 Å². The third-order valence-corrected chi connectivity index (χ3v) is 3.25. The minimum Gasteiger partial charge on any atom is -0.481 e. The summed E-state index contributed by atoms with van der Waals surface area (Å²) >= 11 is 1.14. The number of aliphatic carboxylic acids is 1. The number of thioether (sulfide) groups is 1. The summed E-state index contributed by atoms with van der Waals surface area (Å²) in [7, 11) is 0. The van der Waals surface area contributed by atoms with Crippen LogP contribution in [0.2, 0.25) is 0 Å². The Morgan fingerprint density at radius 2 is 2.22 bits per heavy atom. The fourth-order valence-corrected chi connectivity index (χ4v) is 2.26. The molecule has 94 valence electrons. The van der Waals surface area contributed by atoms with E-state index in [1.54, 1.807) is 6.20 Å². The molecular weight excluding hydrogens is 252 g/mol. The second-order valence-electron chi connectivity index (χ2n) is 3.66. The van der Waals surface area contributed by atoms with Crippen molar-refractivity contribution in [2.75, 3.05) is 5.75 Å². The summed E-state index contributed by atoms with van der Waals surface area (Å²) in [5.41, 5.74) is 1.71. The van der Waals surface area contributed by atoms with E-state index >= 15 is 0 Å². The zero-order valence-electron chi connectivity index (χ0n) is 9.99. The van der Waals surface area contributed by atoms with Gasteiger partial charge >= 0.3 is 5.97 Å². The molecular formula is C11H12N4O2S. The van der Waals surface area contributed by atoms with Gasteiger partial charge in [-0.1, -0.05) is 11.8 Å². The molecule has 0 aliphatic heterocycles. The lowest BCUT2D eigenvalue weighted by atomic mass is 10.3. The minimum atomic E-state index is -0.880. The number of aryl methyl sites for hydroxylation is 2. The lowest BCUT2D eigenvalue weighted by Crippen LogP contribution is -2.05. The molecule has 0 unspecified atom stereocenters. The lowest BCUT2D eigenvalue weighted by molar-refractivity contribution is -0.133. The maximum Gasteiger partial charge on any atom is 0.313 e. The number of carboxylic acid groups (broad SMARTS) is 1. The van der Waals surface area contributed by atoms with Gasteiger partial charge in [0.15, 0.2) is 5.16 Å². The average molecular weight is 264 g/mol. The molecule has 2 aromatic heterocycles. The Morgan fingerprint density at radius 1 is 1.44 bits per heavy atom. The van der Waals surface area contributed by atoms with Crippen molar-refractivity contribution in [2.24, 2.45) is 0 Å². The number of rotatable bonds is 4. The van der Waals surface area contributed by atoms with Gasteiger partial charge in [0.05, 0.1) is 17.1 Å². The third-order valence-electron chi connectivity index (χ3n) is 2.34. The molecule has 0 aliphatic carbocycles. The Kier molecular flexibility index (Phi) is 3.61. The normalized spacial score (nSPS) is 10.6. The lowest BCUT2D eigenvalue weighted by Gasteiger charge is -2.09. The fourth-order valence-electron chi connectivity index (χ4n) is 1.55. The number of aromatic nitrogens is 4. The molecule has 0 radical (unpaired) electrons. The molecule has 0 atom stereocenters. The number of nitrogens with zero attached hydrogens (tertiary/aromatic N) is 4. The summed E-state index contributed by atoms with van der Waals surface area (Å²) < 4.78 is 1.82. The van der Waals surface area contributed by atoms with Crippen molar-refractivity contribution in [1.29, 1.82) is 0 Å². The molecule has 0 fully saturated rings. The molecule has 0 bridgehead atoms. The van der Waals surface area contributed by atoms with Gasteiger partial charge in [0, 0.05) is 6.20 Å². The Hall–Kier alpha value is -1.89. The first-order chi connectivity index (χ1) is 8.59. The molecule has 18 heavy (non-hydrogen) atoms. The summed E-state index contributed by atoms with van der Waals surface area (Å²) in [6.07, 6.45) is 1.71. The van der Waals surface area contributed by atoms with Gasteiger partial charge in [-0.3, -0.25) is 14.3 Å². The fraction of sp³-hybridized carbons (Fsp3) is 0.273. The van der Waals surface area contributed by atoms with Crippen LogP contribution in [0.15, 0.2) is 23.5 Å². The Bertz CT molecular complexity index is 582. The molecule has 2 heterocycles. The van der Waals surface area contributed by atoms with Gasteiger partial charge in [0.25, 0.3) is 0 Å². The minimum absolute atomic E-state index is 0.0442. The van der Waals surface area contributed by atoms with Crippen LogP contribution in [0.4, 0.5) is 0 Å². The highest BCUT2D eigenvalue weighted by Gasteiger charge is 2.14. The number of carbonyl (C=O) groups is 1. The highest BCUT2D eigenvalue weighted by atomic mass is 32.2. The largest absolute Gasteiger partial charge is 0.481 e. The van der Waals surface area contributed by atoms with E-state index in [-0.39, 0.29) is 5.75 Å². The first-order valence-corrected chi connectivity index (χ1v) is 6.26. The molecule has 0 saturated carbocycles. The van der Waals surface area contributed by atoms with E-state index in [2.05, 4.69) is 15.2 Å². The SMILES string of the molecule is Cc1ncccc1-n1c(C)nnc1SCC(=O)O. The number of hydrogen-bond donors (Lipinski definition) is 1. The van der Waals surface area contributed by atoms with Crippen LogP contribution in [0.25, 0.3) is 5.69 Å². The van der Waals surface area contributed by atoms with Gasteiger partial charge in [-0.2, -0.15) is 0 Å². The quantitative estimate of drug-likeness (QED) is 0.842. The summed E-state index contributed by atoms with van der Waals surface area (Å²) in [6, 6.07) is 3.73. The van der Waals surface area contributed by atoms with Crippen molar-refractivity contribution in [1.82, 2.24) is 19.7 Å². The predicted octanol–water partition coefficient (Wildman–Crippen LogP) is 1.46. The molecule has 0 aromatic carbocycles. The molecule has 2 rings (SSSR count). The van der Waals surface area contributed by atoms with Crippen molar-refractivity contribution in [3.8, 4) is 5.69 Å². The van der Waals surface area contributed by atoms with Gasteiger partial charge in [-0.05, 0) is 26.0 Å². The Labute approximate surface area is 108 Å². The summed E-state index contributed by atoms with van der Waals surface area (Å²) in [6.45, 7) is 3.71. The molecule has 7 heteroatoms. The van der Waals surface area contributed by atoms with Crippen molar-refractivity contribution < 1.29 is 9.90 Å². The van der Waals surface area contributed by atoms with E-state index in [9.17, 15) is 4.79 Å². The monoisotopic (exact) mass is 264 g/mol. The van der Waals surface area contributed by atoms with Gasteiger partial charge in [0.2, 0.25) is 0 Å². The zero-order valence-corrected chi connectivity index (χ0v) is 10.8. The second kappa shape index (κ2) is 5.18. The van der Waals surface area contributed by atoms with E-state index < -0.39 is 5.97 Å². The summed E-state index contributed by atoms with van der Waals surface area (Å²) in [4.78, 5) is 14.8. The van der Waals surface area contributed by atoms with Crippen molar-refractivity contribution in [3.63, 3.8) is 0 Å². The van der Waals surface area contributed by atoms with Gasteiger partial charge in [-0.25, -0.2) is 0 Å². The average Bonchev–Trinajstić information content (AvgIpc) is 2.69. The summed E-state index contributed by atoms with van der Waals surface area (Å²) in [5.74, 6) is -0.216. The molecule has 0 saturated heterocycles. The highest BCUT2D eigenvalue weighted by molar-refractivity contribution is 7.99. The van der Waals surface area contributed by atoms with E-state index in [0.29, 0.717) is 11.0 Å². The van der Waals surface area contributed by atoms with Crippen LogP contribution in [-0.4, -0.2) is 36.6 Å². The van der Waals surface area contributed by atoms with Gasteiger partial charge in [-0.15, -0.1) is 10.2 Å². The van der Waals surface area contributed by atoms with Gasteiger partial charge in [0.1, 0.15) is 5.82 Å². The standard InChI is InChI=1S/C11H12N4O2S/c1-7-9(4-3-5-12-7)15-8(2)13-14-11(15)18-6-10(16)17/h3-5H,6H2,1-2H3,(H,16,17). The Balaban J connectivity index is 2.41. The van der Waals surface area contributed by atoms with Crippen LogP contribution in [0.5, 0.6) is 0 Å². The number of carboxylic acids is 1. The summed E-state index contributed by atoms with van der Waals surface area (Å²) in [5, 5.41) is 17.2. The number of pyridine rings is 1. The first-order valence-electron chi connectivity index (χ1n) is 5.28. The maximum atomic E-state index is 10.6.